The van der Waals surface area contributed by atoms with Crippen molar-refractivity contribution in [2.75, 3.05) is 163 Å². The van der Waals surface area contributed by atoms with Crippen LogP contribution in [0.1, 0.15) is 60.0 Å². The number of likely N-dealkylation sites (tertiary alicyclic amines) is 1. The van der Waals surface area contributed by atoms with Crippen LogP contribution in [-0.2, 0) is 54.3 Å². The van der Waals surface area contributed by atoms with E-state index in [9.17, 15) is 72.0 Å². The number of unbranched alkanes of at least 4 members (excludes halogenated alkanes) is 1. The van der Waals surface area contributed by atoms with Crippen LogP contribution in [0.4, 0.5) is 8.78 Å². The lowest BCUT2D eigenvalue weighted by molar-refractivity contribution is -0.147. The number of carboxylic acid groups (broad SMARTS) is 3. The number of piperazine rings is 1. The summed E-state index contributed by atoms with van der Waals surface area (Å²) in [4.78, 5) is 150. The first kappa shape index (κ1) is 75.1. The first-order valence-corrected chi connectivity index (χ1v) is 32.6. The number of thioether (sulfide) groups is 1. The summed E-state index contributed by atoms with van der Waals surface area (Å²) in [5.74, 6) is -9.74. The van der Waals surface area contributed by atoms with Crippen molar-refractivity contribution in [2.45, 2.75) is 75.9 Å². The number of nitrogens with zero attached hydrogens (tertiary/aromatic N) is 9. The van der Waals surface area contributed by atoms with Gasteiger partial charge in [-0.2, -0.15) is 11.8 Å². The number of alkyl halides is 2. The lowest BCUT2D eigenvalue weighted by Gasteiger charge is -2.36. The number of amides is 6. The minimum atomic E-state index is -3.07. The van der Waals surface area contributed by atoms with Crippen LogP contribution in [0.2, 0.25) is 0 Å². The molecule has 6 amide bonds. The number of aliphatic imine (C=N–C) groups is 1. The summed E-state index contributed by atoms with van der Waals surface area (Å²) in [6.45, 7) is 3.24. The van der Waals surface area contributed by atoms with Gasteiger partial charge in [0.2, 0.25) is 29.5 Å². The Labute approximate surface area is 549 Å². The standard InChI is InChI=1S/C63H89F2N13O15S/c1-44-9-11-45(12-10-44)7-6-8-53(79)68-17-32-94-42-52(70-54(80)38-73-19-21-74(39-56(82)83)23-25-76(41-58(86)87)26-24-75(22-20-73)40-57(84)85)61(90)71-51(34-59(88)92-3)62(91)77-29-27-72(28-30-77)18-4-5-31-93-47-13-14-50-49(33-47)48(15-16-67-50)60(89)69-37-55(81)78-43-63(64,65)35-46(78)36-66-2/h9-16,33,36,46,51-52H,4-8,17-32,34-35,37-43H2,1-3H3,(H,68,79)(H,69,89)(H,70,80)(H,71,90)(H,82,83)(H,84,85)(H,86,87)/t46-,51+,52+/m1/s1. The maximum absolute atomic E-state index is 14.5. The number of carboxylic acids is 3. The SMILES string of the molecule is CN=C[C@H]1CC(F)(F)CN1C(=O)CNC(=O)c1ccnc2ccc(OCCCCN3CCN(C(=O)[C@H](CC(=O)OC)NC(=O)[C@H](CSCCNC(=O)CCCc4ccc(C)cc4)NC(=O)CN4CCN(CC(=O)O)CCN(CC(=O)O)CCN(CC(=O)O)CC4)CC3)cc12. The highest BCUT2D eigenvalue weighted by molar-refractivity contribution is 7.99. The topological polar surface area (TPSA) is 346 Å². The molecule has 2 aromatic carbocycles. The summed E-state index contributed by atoms with van der Waals surface area (Å²) >= 11 is 1.26. The number of carbonyl (C=O) groups is 10. The molecule has 0 bridgehead atoms. The normalized spacial score (nSPS) is 17.9. The van der Waals surface area contributed by atoms with Crippen LogP contribution >= 0.6 is 11.8 Å². The molecule has 3 aliphatic heterocycles. The predicted molar refractivity (Wildman–Crippen MR) is 345 cm³/mol. The van der Waals surface area contributed by atoms with Crippen LogP contribution in [0, 0.1) is 6.92 Å². The fraction of sp³-hybridized carbons (Fsp3) is 0.587. The number of ether oxygens (including phenoxy) is 2. The van der Waals surface area contributed by atoms with Crippen molar-refractivity contribution in [2.24, 2.45) is 4.99 Å². The molecule has 3 saturated heterocycles. The van der Waals surface area contributed by atoms with E-state index in [-0.39, 0.29) is 115 Å². The Balaban J connectivity index is 1.04. The first-order valence-electron chi connectivity index (χ1n) is 31.5. The molecule has 6 rings (SSSR count). The number of hydrogen-bond acceptors (Lipinski definition) is 20. The van der Waals surface area contributed by atoms with Crippen LogP contribution in [0.25, 0.3) is 10.9 Å². The first-order chi connectivity index (χ1) is 45.0. The molecule has 516 valence electrons. The number of aliphatic carboxylic acids is 3. The van der Waals surface area contributed by atoms with E-state index < -0.39 is 103 Å². The molecule has 0 aliphatic carbocycles. The Kier molecular flexibility index (Phi) is 30.7. The Bertz CT molecular complexity index is 3060. The monoisotopic (exact) mass is 1340 g/mol. The fourth-order valence-corrected chi connectivity index (χ4v) is 12.0. The highest BCUT2D eigenvalue weighted by Crippen LogP contribution is 2.31. The van der Waals surface area contributed by atoms with E-state index in [2.05, 4.69) is 36.1 Å². The Morgan fingerprint density at radius 1 is 0.734 bits per heavy atom. The van der Waals surface area contributed by atoms with Crippen molar-refractivity contribution in [1.29, 1.82) is 0 Å². The minimum Gasteiger partial charge on any atom is -0.494 e. The van der Waals surface area contributed by atoms with Crippen LogP contribution in [0.5, 0.6) is 5.75 Å². The van der Waals surface area contributed by atoms with E-state index >= 15 is 0 Å². The zero-order valence-corrected chi connectivity index (χ0v) is 54.5. The molecule has 0 unspecified atom stereocenters. The van der Waals surface area contributed by atoms with Gasteiger partial charge in [-0.3, -0.25) is 82.4 Å². The second-order valence-corrected chi connectivity index (χ2v) is 24.7. The minimum absolute atomic E-state index is 0.0227. The fourth-order valence-electron chi connectivity index (χ4n) is 11.1. The lowest BCUT2D eigenvalue weighted by atomic mass is 10.1. The second kappa shape index (κ2) is 38.4. The lowest BCUT2D eigenvalue weighted by Crippen LogP contribution is -2.59. The van der Waals surface area contributed by atoms with E-state index in [0.29, 0.717) is 74.3 Å². The largest absolute Gasteiger partial charge is 0.494 e. The van der Waals surface area contributed by atoms with Gasteiger partial charge in [0.15, 0.2) is 0 Å². The third-order valence-electron chi connectivity index (χ3n) is 16.2. The molecule has 94 heavy (non-hydrogen) atoms. The number of fused-ring (bicyclic) bond motifs is 1. The number of nitrogens with one attached hydrogen (secondary N) is 4. The number of benzene rings is 2. The summed E-state index contributed by atoms with van der Waals surface area (Å²) in [6, 6.07) is 11.1. The van der Waals surface area contributed by atoms with Crippen molar-refractivity contribution in [3.8, 4) is 5.75 Å². The number of esters is 1. The number of hydrogen-bond donors (Lipinski definition) is 7. The van der Waals surface area contributed by atoms with Gasteiger partial charge in [0.25, 0.3) is 11.8 Å². The van der Waals surface area contributed by atoms with Crippen molar-refractivity contribution >= 4 is 88.2 Å². The molecule has 3 aliphatic rings. The van der Waals surface area contributed by atoms with Gasteiger partial charge in [-0.1, -0.05) is 29.8 Å². The number of aryl methyl sites for hydroxylation is 2. The van der Waals surface area contributed by atoms with E-state index in [1.54, 1.807) is 42.7 Å². The molecular formula is C63H89F2N13O15S. The summed E-state index contributed by atoms with van der Waals surface area (Å²) in [6.07, 6.45) is 4.69. The summed E-state index contributed by atoms with van der Waals surface area (Å²) in [5.41, 5.74) is 2.97. The molecule has 4 heterocycles. The predicted octanol–water partition coefficient (Wildman–Crippen LogP) is 0.393. The van der Waals surface area contributed by atoms with Gasteiger partial charge in [-0.15, -0.1) is 0 Å². The zero-order chi connectivity index (χ0) is 68.2. The number of rotatable bonds is 33. The molecular weight excluding hydrogens is 1250 g/mol. The van der Waals surface area contributed by atoms with E-state index in [1.165, 1.54) is 37.3 Å². The van der Waals surface area contributed by atoms with Gasteiger partial charge in [0.05, 0.1) is 76.5 Å². The molecule has 0 saturated carbocycles. The molecule has 3 fully saturated rings. The maximum atomic E-state index is 14.5. The summed E-state index contributed by atoms with van der Waals surface area (Å²) in [7, 11) is 2.59. The van der Waals surface area contributed by atoms with Crippen LogP contribution < -0.4 is 26.0 Å². The molecule has 7 N–H and O–H groups in total. The van der Waals surface area contributed by atoms with Crippen LogP contribution in [-0.4, -0.2) is 307 Å². The summed E-state index contributed by atoms with van der Waals surface area (Å²) in [5, 5.41) is 40.4. The molecule has 0 spiro atoms. The third kappa shape index (κ3) is 26.1. The van der Waals surface area contributed by atoms with Gasteiger partial charge in [-0.25, -0.2) is 8.78 Å². The number of pyridine rings is 1. The van der Waals surface area contributed by atoms with Gasteiger partial charge < -0.3 is 55.9 Å². The number of aromatic nitrogens is 1. The summed E-state index contributed by atoms with van der Waals surface area (Å²) < 4.78 is 39.4. The molecule has 1 aromatic heterocycles. The van der Waals surface area contributed by atoms with Crippen molar-refractivity contribution in [1.82, 2.24) is 60.6 Å². The highest BCUT2D eigenvalue weighted by atomic mass is 32.2. The van der Waals surface area contributed by atoms with Gasteiger partial charge >= 0.3 is 23.9 Å². The maximum Gasteiger partial charge on any atom is 0.317 e. The molecule has 3 aromatic rings. The van der Waals surface area contributed by atoms with Gasteiger partial charge in [0.1, 0.15) is 17.8 Å². The van der Waals surface area contributed by atoms with Crippen LogP contribution in [0.15, 0.2) is 59.7 Å². The Morgan fingerprint density at radius 2 is 1.34 bits per heavy atom. The Hall–Kier alpha value is -7.97. The van der Waals surface area contributed by atoms with Gasteiger partial charge in [0, 0.05) is 134 Å². The van der Waals surface area contributed by atoms with Gasteiger partial charge in [-0.05, 0) is 69.0 Å². The zero-order valence-electron chi connectivity index (χ0n) is 53.6. The molecule has 3 atom stereocenters. The van der Waals surface area contributed by atoms with E-state index in [4.69, 9.17) is 9.47 Å². The van der Waals surface area contributed by atoms with E-state index in [0.717, 1.165) is 29.6 Å². The average molecular weight is 1340 g/mol. The second-order valence-electron chi connectivity index (χ2n) is 23.5. The Morgan fingerprint density at radius 3 is 1.94 bits per heavy atom. The highest BCUT2D eigenvalue weighted by Gasteiger charge is 2.46. The molecule has 0 radical (unpaired) electrons. The van der Waals surface area contributed by atoms with Crippen molar-refractivity contribution in [3.05, 3.63) is 71.4 Å². The smallest absolute Gasteiger partial charge is 0.317 e. The number of carbonyl (C=O) groups excluding carboxylic acids is 7. The van der Waals surface area contributed by atoms with Crippen LogP contribution in [0.3, 0.4) is 0 Å². The van der Waals surface area contributed by atoms with E-state index in [1.807, 2.05) is 31.2 Å². The quantitative estimate of drug-likeness (QED) is 0.0246. The molecule has 28 nitrogen and oxygen atoms in total. The number of methoxy groups -OCH3 is 1. The van der Waals surface area contributed by atoms with Crippen molar-refractivity contribution < 1.29 is 81.5 Å². The molecule has 31 heteroatoms. The average Bonchev–Trinajstić information content (AvgIpc) is 1.20. The van der Waals surface area contributed by atoms with Crippen molar-refractivity contribution in [3.63, 3.8) is 0 Å². The number of halogens is 2. The third-order valence-corrected chi connectivity index (χ3v) is 17.3.